The van der Waals surface area contributed by atoms with Crippen LogP contribution >= 0.6 is 0 Å². The summed E-state index contributed by atoms with van der Waals surface area (Å²) in [6.45, 7) is 2.09. The summed E-state index contributed by atoms with van der Waals surface area (Å²) in [5, 5.41) is 5.84. The van der Waals surface area contributed by atoms with E-state index in [1.807, 2.05) is 30.3 Å². The van der Waals surface area contributed by atoms with Crippen LogP contribution in [0.1, 0.15) is 18.5 Å². The lowest BCUT2D eigenvalue weighted by Gasteiger charge is -2.16. The van der Waals surface area contributed by atoms with E-state index in [1.54, 1.807) is 6.07 Å². The van der Waals surface area contributed by atoms with Gasteiger partial charge in [0.1, 0.15) is 5.82 Å². The molecule has 0 amide bonds. The summed E-state index contributed by atoms with van der Waals surface area (Å²) in [5.74, 6) is 0.866. The second kappa shape index (κ2) is 6.96. The highest BCUT2D eigenvalue weighted by Gasteiger charge is 2.10. The summed E-state index contributed by atoms with van der Waals surface area (Å²) in [6, 6.07) is 25.3. The van der Waals surface area contributed by atoms with Gasteiger partial charge >= 0.3 is 0 Å². The highest BCUT2D eigenvalue weighted by Crippen LogP contribution is 2.26. The van der Waals surface area contributed by atoms with Crippen molar-refractivity contribution in [1.29, 1.82) is 0 Å². The molecule has 0 fully saturated rings. The van der Waals surface area contributed by atoms with Gasteiger partial charge in [-0.2, -0.15) is 4.98 Å². The lowest BCUT2D eigenvalue weighted by Crippen LogP contribution is -2.10. The predicted octanol–water partition coefficient (Wildman–Crippen LogP) is 4.43. The Morgan fingerprint density at radius 2 is 1.70 bits per heavy atom. The molecule has 1 atom stereocenters. The van der Waals surface area contributed by atoms with Crippen molar-refractivity contribution in [3.05, 3.63) is 78.4 Å². The fraction of sp³-hybridized carbons (Fsp3) is 0.0909. The first-order chi connectivity index (χ1) is 13.1. The quantitative estimate of drug-likeness (QED) is 0.472. The predicted molar refractivity (Wildman–Crippen MR) is 111 cm³/mol. The fourth-order valence-electron chi connectivity index (χ4n) is 3.10. The molecule has 0 aliphatic rings. The second-order valence-electron chi connectivity index (χ2n) is 6.49. The molecule has 133 valence electrons. The molecule has 4 aromatic rings. The van der Waals surface area contributed by atoms with Gasteiger partial charge in [-0.25, -0.2) is 4.98 Å². The second-order valence-corrected chi connectivity index (χ2v) is 6.49. The number of aromatic nitrogens is 2. The van der Waals surface area contributed by atoms with Crippen molar-refractivity contribution in [3.8, 4) is 11.3 Å². The van der Waals surface area contributed by atoms with Crippen molar-refractivity contribution >= 4 is 28.2 Å². The van der Waals surface area contributed by atoms with Crippen LogP contribution in [0.4, 0.5) is 17.5 Å². The van der Waals surface area contributed by atoms with Gasteiger partial charge in [-0.05, 0) is 35.4 Å². The molecule has 1 heterocycles. The molecule has 0 aliphatic heterocycles. The summed E-state index contributed by atoms with van der Waals surface area (Å²) in [7, 11) is 0. The largest absolute Gasteiger partial charge is 0.398 e. The third kappa shape index (κ3) is 3.67. The van der Waals surface area contributed by atoms with E-state index < -0.39 is 0 Å². The van der Waals surface area contributed by atoms with Crippen molar-refractivity contribution in [1.82, 2.24) is 9.97 Å². The molecule has 1 aromatic heterocycles. The first kappa shape index (κ1) is 16.8. The van der Waals surface area contributed by atoms with Crippen LogP contribution in [0.25, 0.3) is 22.0 Å². The van der Waals surface area contributed by atoms with E-state index >= 15 is 0 Å². The summed E-state index contributed by atoms with van der Waals surface area (Å²) in [4.78, 5) is 8.63. The molecule has 0 aliphatic carbocycles. The molecule has 5 nitrogen and oxygen atoms in total. The standard InChI is InChI=1S/C22H20N5/c1-14(16-10-9-15-5-2-3-6-17(15)11-16)25-21-13-20(26-22(24)27-21)18-7-4-8-19(23)12-18/h2-11,13-14H,23H2,1H3,(H3,24,25,26,27)/t14-/m1/s1. The Labute approximate surface area is 158 Å². The van der Waals surface area contributed by atoms with Gasteiger partial charge in [0.2, 0.25) is 5.95 Å². The van der Waals surface area contributed by atoms with Crippen LogP contribution in [0.15, 0.2) is 66.7 Å². The van der Waals surface area contributed by atoms with Gasteiger partial charge in [0.15, 0.2) is 0 Å². The molecule has 0 spiro atoms. The number of benzene rings is 3. The summed E-state index contributed by atoms with van der Waals surface area (Å²) in [6.07, 6.45) is 0. The third-order valence-electron chi connectivity index (χ3n) is 4.47. The van der Waals surface area contributed by atoms with Gasteiger partial charge in [0, 0.05) is 29.4 Å². The average Bonchev–Trinajstić information content (AvgIpc) is 2.67. The van der Waals surface area contributed by atoms with Gasteiger partial charge in [0.05, 0.1) is 5.69 Å². The Morgan fingerprint density at radius 3 is 2.52 bits per heavy atom. The van der Waals surface area contributed by atoms with Crippen molar-refractivity contribution in [3.63, 3.8) is 0 Å². The molecule has 0 saturated heterocycles. The molecule has 4 rings (SSSR count). The van der Waals surface area contributed by atoms with Gasteiger partial charge in [0.25, 0.3) is 0 Å². The maximum absolute atomic E-state index is 5.92. The zero-order chi connectivity index (χ0) is 18.8. The molecule has 0 saturated carbocycles. The minimum absolute atomic E-state index is 0.0570. The monoisotopic (exact) mass is 354 g/mol. The maximum Gasteiger partial charge on any atom is 0.222 e. The number of hydrogen-bond donors (Lipinski definition) is 3. The van der Waals surface area contributed by atoms with Crippen LogP contribution in [0, 0.1) is 6.07 Å². The Balaban J connectivity index is 1.63. The van der Waals surface area contributed by atoms with E-state index in [0.717, 1.165) is 5.56 Å². The topological polar surface area (TPSA) is 89.8 Å². The molecule has 27 heavy (non-hydrogen) atoms. The number of nitrogen functional groups attached to an aromatic ring is 2. The van der Waals surface area contributed by atoms with Crippen LogP contribution < -0.4 is 16.8 Å². The first-order valence-electron chi connectivity index (χ1n) is 8.76. The highest BCUT2D eigenvalue weighted by molar-refractivity contribution is 5.83. The smallest absolute Gasteiger partial charge is 0.222 e. The molecule has 0 bridgehead atoms. The van der Waals surface area contributed by atoms with E-state index in [-0.39, 0.29) is 12.0 Å². The zero-order valence-electron chi connectivity index (χ0n) is 15.0. The number of nitrogens with two attached hydrogens (primary N) is 2. The van der Waals surface area contributed by atoms with E-state index in [1.165, 1.54) is 16.3 Å². The van der Waals surface area contributed by atoms with Gasteiger partial charge < -0.3 is 16.8 Å². The van der Waals surface area contributed by atoms with Crippen LogP contribution in [-0.4, -0.2) is 9.97 Å². The van der Waals surface area contributed by atoms with Crippen molar-refractivity contribution < 1.29 is 0 Å². The SMILES string of the molecule is C[C@@H](Nc1cc(-c2[c]c(N)ccc2)nc(N)n1)c1ccc2ccccc2c1. The first-order valence-corrected chi connectivity index (χ1v) is 8.76. The van der Waals surface area contributed by atoms with E-state index in [0.29, 0.717) is 17.2 Å². The number of anilines is 3. The Kier molecular flexibility index (Phi) is 4.34. The van der Waals surface area contributed by atoms with Gasteiger partial charge in [-0.3, -0.25) is 0 Å². The molecule has 0 unspecified atom stereocenters. The summed E-state index contributed by atoms with van der Waals surface area (Å²) >= 11 is 0. The number of hydrogen-bond acceptors (Lipinski definition) is 5. The molecule has 5 N–H and O–H groups in total. The molecular weight excluding hydrogens is 334 g/mol. The third-order valence-corrected chi connectivity index (χ3v) is 4.47. The number of nitrogens with one attached hydrogen (secondary N) is 1. The average molecular weight is 354 g/mol. The van der Waals surface area contributed by atoms with E-state index in [4.69, 9.17) is 11.5 Å². The summed E-state index contributed by atoms with van der Waals surface area (Å²) in [5.41, 5.74) is 14.9. The van der Waals surface area contributed by atoms with Crippen LogP contribution in [0.3, 0.4) is 0 Å². The van der Waals surface area contributed by atoms with E-state index in [2.05, 4.69) is 58.6 Å². The Hall–Kier alpha value is -3.60. The molecule has 1 radical (unpaired) electrons. The lowest BCUT2D eigenvalue weighted by atomic mass is 10.0. The number of rotatable bonds is 4. The number of nitrogens with zero attached hydrogens (tertiary/aromatic N) is 2. The maximum atomic E-state index is 5.92. The van der Waals surface area contributed by atoms with Crippen LogP contribution in [0.5, 0.6) is 0 Å². The Bertz CT molecular complexity index is 1110. The highest BCUT2D eigenvalue weighted by atomic mass is 15.1. The molecular formula is C22H20N5. The van der Waals surface area contributed by atoms with Gasteiger partial charge in [-0.15, -0.1) is 0 Å². The minimum atomic E-state index is 0.0570. The minimum Gasteiger partial charge on any atom is -0.398 e. The lowest BCUT2D eigenvalue weighted by molar-refractivity contribution is 0.875. The summed E-state index contributed by atoms with van der Waals surface area (Å²) < 4.78 is 0. The van der Waals surface area contributed by atoms with E-state index in [9.17, 15) is 0 Å². The normalized spacial score (nSPS) is 12.0. The Morgan fingerprint density at radius 1 is 0.889 bits per heavy atom. The molecule has 3 aromatic carbocycles. The van der Waals surface area contributed by atoms with Crippen molar-refractivity contribution in [2.24, 2.45) is 0 Å². The number of fused-ring (bicyclic) bond motifs is 1. The molecule has 5 heteroatoms. The van der Waals surface area contributed by atoms with Crippen LogP contribution in [0.2, 0.25) is 0 Å². The fourth-order valence-corrected chi connectivity index (χ4v) is 3.10. The van der Waals surface area contributed by atoms with Crippen LogP contribution in [-0.2, 0) is 0 Å². The zero-order valence-corrected chi connectivity index (χ0v) is 15.0. The van der Waals surface area contributed by atoms with Crippen molar-refractivity contribution in [2.75, 3.05) is 16.8 Å². The van der Waals surface area contributed by atoms with Gasteiger partial charge in [-0.1, -0.05) is 48.5 Å². The van der Waals surface area contributed by atoms with Crippen molar-refractivity contribution in [2.45, 2.75) is 13.0 Å².